The fourth-order valence-electron chi connectivity index (χ4n) is 2.39. The van der Waals surface area contributed by atoms with Crippen LogP contribution in [0.5, 0.6) is 0 Å². The van der Waals surface area contributed by atoms with Gasteiger partial charge >= 0.3 is 0 Å². The molecule has 0 spiro atoms. The summed E-state index contributed by atoms with van der Waals surface area (Å²) in [5.74, 6) is -0.311. The number of aryl methyl sites for hydroxylation is 2. The number of hydrogen-bond acceptors (Lipinski definition) is 5. The van der Waals surface area contributed by atoms with E-state index in [-0.39, 0.29) is 5.82 Å². The van der Waals surface area contributed by atoms with Crippen LogP contribution in [0.15, 0.2) is 39.7 Å². The van der Waals surface area contributed by atoms with E-state index in [1.807, 2.05) is 19.2 Å². The van der Waals surface area contributed by atoms with Crippen LogP contribution in [0.1, 0.15) is 17.0 Å². The van der Waals surface area contributed by atoms with E-state index in [2.05, 4.69) is 15.2 Å². The zero-order chi connectivity index (χ0) is 19.4. The van der Waals surface area contributed by atoms with Gasteiger partial charge in [-0.15, -0.1) is 11.3 Å². The van der Waals surface area contributed by atoms with Gasteiger partial charge in [0.25, 0.3) is 0 Å². The first-order valence-corrected chi connectivity index (χ1v) is 9.49. The number of aromatic nitrogens is 3. The van der Waals surface area contributed by atoms with Gasteiger partial charge in [-0.3, -0.25) is 4.99 Å². The van der Waals surface area contributed by atoms with Gasteiger partial charge in [-0.1, -0.05) is 11.6 Å². The number of benzene rings is 1. The maximum Gasteiger partial charge on any atom is 0.205 e. The molecule has 0 bridgehead atoms. The van der Waals surface area contributed by atoms with Crippen molar-refractivity contribution in [1.82, 2.24) is 14.5 Å². The first kappa shape index (κ1) is 19.5. The average Bonchev–Trinajstić information content (AvgIpc) is 3.14. The molecule has 27 heavy (non-hydrogen) atoms. The third kappa shape index (κ3) is 4.35. The zero-order valence-electron chi connectivity index (χ0n) is 15.2. The molecule has 0 fully saturated rings. The predicted octanol–water partition coefficient (Wildman–Crippen LogP) is 3.57. The molecule has 9 heteroatoms. The highest BCUT2D eigenvalue weighted by atomic mass is 35.5. The molecule has 0 N–H and O–H groups in total. The van der Waals surface area contributed by atoms with E-state index in [9.17, 15) is 4.39 Å². The van der Waals surface area contributed by atoms with Gasteiger partial charge < -0.3 is 4.74 Å². The molecule has 2 heterocycles. The molecule has 0 saturated heterocycles. The first-order valence-electron chi connectivity index (χ1n) is 8.23. The Labute approximate surface area is 165 Å². The Morgan fingerprint density at radius 1 is 1.30 bits per heavy atom. The van der Waals surface area contributed by atoms with E-state index in [1.54, 1.807) is 34.8 Å². The Balaban J connectivity index is 1.94. The third-order valence-corrected chi connectivity index (χ3v) is 5.15. The lowest BCUT2D eigenvalue weighted by molar-refractivity contribution is 0.207. The average molecular weight is 408 g/mol. The molecule has 0 amide bonds. The van der Waals surface area contributed by atoms with E-state index in [0.717, 1.165) is 16.2 Å². The Bertz CT molecular complexity index is 1020. The number of rotatable bonds is 6. The number of methoxy groups -OCH3 is 1. The van der Waals surface area contributed by atoms with Crippen molar-refractivity contribution >= 4 is 29.2 Å². The summed E-state index contributed by atoms with van der Waals surface area (Å²) in [7, 11) is 1.64. The maximum absolute atomic E-state index is 13.1. The van der Waals surface area contributed by atoms with Crippen molar-refractivity contribution in [2.24, 2.45) is 10.1 Å². The minimum absolute atomic E-state index is 0.311. The van der Waals surface area contributed by atoms with Gasteiger partial charge in [-0.05, 0) is 38.1 Å². The van der Waals surface area contributed by atoms with E-state index < -0.39 is 0 Å². The highest BCUT2D eigenvalue weighted by Gasteiger charge is 2.13. The second-order valence-electron chi connectivity index (χ2n) is 5.77. The normalized spacial score (nSPS) is 12.4. The van der Waals surface area contributed by atoms with Crippen molar-refractivity contribution in [1.29, 1.82) is 0 Å². The Morgan fingerprint density at radius 2 is 2.04 bits per heavy atom. The van der Waals surface area contributed by atoms with E-state index >= 15 is 0 Å². The standard InChI is InChI=1S/C18H19ClFN5OS/c1-12-11-27-18(21-8-9-26-3)24(12)22-10-16-13(2)23-25(17(16)19)15-6-4-14(20)5-7-15/h4-7,10-11H,8-9H2,1-3H3. The zero-order valence-corrected chi connectivity index (χ0v) is 16.8. The molecule has 3 aromatic rings. The minimum atomic E-state index is -0.311. The number of halogens is 2. The van der Waals surface area contributed by atoms with Crippen molar-refractivity contribution < 1.29 is 9.13 Å². The lowest BCUT2D eigenvalue weighted by atomic mass is 10.3. The van der Waals surface area contributed by atoms with Gasteiger partial charge in [0, 0.05) is 12.5 Å². The molecular formula is C18H19ClFN5OS. The van der Waals surface area contributed by atoms with Crippen LogP contribution < -0.4 is 4.80 Å². The van der Waals surface area contributed by atoms with E-state index in [1.165, 1.54) is 23.5 Å². The van der Waals surface area contributed by atoms with Crippen molar-refractivity contribution in [3.63, 3.8) is 0 Å². The summed E-state index contributed by atoms with van der Waals surface area (Å²) in [5.41, 5.74) is 3.06. The van der Waals surface area contributed by atoms with Crippen LogP contribution in [0.3, 0.4) is 0 Å². The fourth-order valence-corrected chi connectivity index (χ4v) is 3.55. The van der Waals surface area contributed by atoms with Gasteiger partial charge in [-0.2, -0.15) is 10.2 Å². The smallest absolute Gasteiger partial charge is 0.205 e. The van der Waals surface area contributed by atoms with Crippen LogP contribution in [-0.2, 0) is 4.74 Å². The Morgan fingerprint density at radius 3 is 2.74 bits per heavy atom. The van der Waals surface area contributed by atoms with Crippen LogP contribution >= 0.6 is 22.9 Å². The SMILES string of the molecule is COCCN=c1scc(C)n1N=Cc1c(C)nn(-c2ccc(F)cc2)c1Cl. The molecule has 0 aliphatic heterocycles. The maximum atomic E-state index is 13.1. The molecule has 0 aliphatic carbocycles. The predicted molar refractivity (Wildman–Crippen MR) is 106 cm³/mol. The number of thiazole rings is 1. The third-order valence-electron chi connectivity index (χ3n) is 3.81. The van der Waals surface area contributed by atoms with Crippen molar-refractivity contribution in [2.45, 2.75) is 13.8 Å². The number of ether oxygens (including phenoxy) is 1. The van der Waals surface area contributed by atoms with Gasteiger partial charge in [0.15, 0.2) is 0 Å². The lowest BCUT2D eigenvalue weighted by Gasteiger charge is -2.02. The Hall–Kier alpha value is -2.29. The molecule has 2 aromatic heterocycles. The largest absolute Gasteiger partial charge is 0.383 e. The number of nitrogens with zero attached hydrogens (tertiary/aromatic N) is 5. The molecule has 142 valence electrons. The van der Waals surface area contributed by atoms with Crippen LogP contribution in [0.4, 0.5) is 4.39 Å². The second-order valence-corrected chi connectivity index (χ2v) is 6.96. The van der Waals surface area contributed by atoms with E-state index in [0.29, 0.717) is 29.6 Å². The van der Waals surface area contributed by atoms with Gasteiger partial charge in [0.05, 0.1) is 42.0 Å². The summed E-state index contributed by atoms with van der Waals surface area (Å²) in [6.45, 7) is 4.92. The highest BCUT2D eigenvalue weighted by Crippen LogP contribution is 2.22. The molecule has 0 atom stereocenters. The van der Waals surface area contributed by atoms with Gasteiger partial charge in [0.1, 0.15) is 11.0 Å². The fraction of sp³-hybridized carbons (Fsp3) is 0.278. The quantitative estimate of drug-likeness (QED) is 0.463. The summed E-state index contributed by atoms with van der Waals surface area (Å²) in [6.07, 6.45) is 1.67. The molecule has 0 radical (unpaired) electrons. The van der Waals surface area contributed by atoms with Crippen molar-refractivity contribution in [3.05, 3.63) is 62.4 Å². The van der Waals surface area contributed by atoms with Crippen molar-refractivity contribution in [3.8, 4) is 5.69 Å². The molecule has 1 aromatic carbocycles. The molecule has 6 nitrogen and oxygen atoms in total. The monoisotopic (exact) mass is 407 g/mol. The van der Waals surface area contributed by atoms with Crippen LogP contribution in [0, 0.1) is 19.7 Å². The molecule has 0 saturated carbocycles. The summed E-state index contributed by atoms with van der Waals surface area (Å²) in [6, 6.07) is 5.99. The first-order chi connectivity index (χ1) is 13.0. The van der Waals surface area contributed by atoms with E-state index in [4.69, 9.17) is 16.3 Å². The summed E-state index contributed by atoms with van der Waals surface area (Å²) in [5, 5.41) is 11.4. The Kier molecular flexibility index (Phi) is 6.20. The molecule has 0 unspecified atom stereocenters. The van der Waals surface area contributed by atoms with Gasteiger partial charge in [-0.25, -0.2) is 13.7 Å². The van der Waals surface area contributed by atoms with Crippen molar-refractivity contribution in [2.75, 3.05) is 20.3 Å². The van der Waals surface area contributed by atoms with Crippen LogP contribution in [0.25, 0.3) is 5.69 Å². The number of hydrogen-bond donors (Lipinski definition) is 0. The highest BCUT2D eigenvalue weighted by molar-refractivity contribution is 7.07. The summed E-state index contributed by atoms with van der Waals surface area (Å²) in [4.78, 5) is 5.27. The minimum Gasteiger partial charge on any atom is -0.383 e. The molecular weight excluding hydrogens is 389 g/mol. The summed E-state index contributed by atoms with van der Waals surface area (Å²) >= 11 is 8.01. The molecule has 0 aliphatic rings. The second kappa shape index (κ2) is 8.60. The van der Waals surface area contributed by atoms with Crippen LogP contribution in [-0.4, -0.2) is 40.9 Å². The van der Waals surface area contributed by atoms with Crippen LogP contribution in [0.2, 0.25) is 5.15 Å². The topological polar surface area (TPSA) is 56.7 Å². The molecule has 3 rings (SSSR count). The summed E-state index contributed by atoms with van der Waals surface area (Å²) < 4.78 is 21.5. The van der Waals surface area contributed by atoms with Gasteiger partial charge in [0.2, 0.25) is 4.80 Å². The lowest BCUT2D eigenvalue weighted by Crippen LogP contribution is -2.13.